The van der Waals surface area contributed by atoms with Crippen LogP contribution in [0.2, 0.25) is 0 Å². The highest BCUT2D eigenvalue weighted by Crippen LogP contribution is 2.27. The van der Waals surface area contributed by atoms with Crippen molar-refractivity contribution in [2.24, 2.45) is 5.92 Å². The zero-order valence-corrected chi connectivity index (χ0v) is 15.3. The van der Waals surface area contributed by atoms with Crippen molar-refractivity contribution in [3.05, 3.63) is 17.8 Å². The van der Waals surface area contributed by atoms with Crippen LogP contribution in [-0.4, -0.2) is 48.8 Å². The number of carbonyl (C=O) groups is 1. The van der Waals surface area contributed by atoms with Crippen LogP contribution in [0.25, 0.3) is 0 Å². The summed E-state index contributed by atoms with van der Waals surface area (Å²) in [4.78, 5) is 18.5. The van der Waals surface area contributed by atoms with E-state index in [0.717, 1.165) is 44.0 Å². The Morgan fingerprint density at radius 3 is 2.68 bits per heavy atom. The van der Waals surface area contributed by atoms with Crippen LogP contribution in [-0.2, 0) is 4.74 Å². The highest BCUT2D eigenvalue weighted by Gasteiger charge is 2.25. The van der Waals surface area contributed by atoms with Gasteiger partial charge in [-0.05, 0) is 50.2 Å². The Morgan fingerprint density at radius 1 is 1.28 bits per heavy atom. The molecule has 1 saturated heterocycles. The fourth-order valence-electron chi connectivity index (χ4n) is 3.68. The standard InChI is InChI=1S/C19H29N3O3/c1-14-11-17(18(24-2)20-12-14)21-19(23)22-9-7-16(8-10-22)25-13-15-5-3-4-6-15/h11-12,15-16H,3-10,13H2,1-2H3,(H,21,23). The summed E-state index contributed by atoms with van der Waals surface area (Å²) in [7, 11) is 1.56. The average molecular weight is 347 g/mol. The van der Waals surface area contributed by atoms with Gasteiger partial charge in [0.25, 0.3) is 0 Å². The molecule has 0 unspecified atom stereocenters. The lowest BCUT2D eigenvalue weighted by molar-refractivity contribution is -0.00115. The average Bonchev–Trinajstić information content (AvgIpc) is 3.14. The number of carbonyl (C=O) groups excluding carboxylic acids is 1. The van der Waals surface area contributed by atoms with Crippen molar-refractivity contribution in [1.82, 2.24) is 9.88 Å². The number of ether oxygens (including phenoxy) is 2. The number of aromatic nitrogens is 1. The number of likely N-dealkylation sites (tertiary alicyclic amines) is 1. The topological polar surface area (TPSA) is 63.7 Å². The summed E-state index contributed by atoms with van der Waals surface area (Å²) in [6, 6.07) is 1.78. The largest absolute Gasteiger partial charge is 0.480 e. The maximum Gasteiger partial charge on any atom is 0.321 e. The number of aryl methyl sites for hydroxylation is 1. The molecule has 6 nitrogen and oxygen atoms in total. The van der Waals surface area contributed by atoms with Crippen LogP contribution in [0, 0.1) is 12.8 Å². The summed E-state index contributed by atoms with van der Waals surface area (Å²) in [6.07, 6.45) is 9.16. The van der Waals surface area contributed by atoms with Crippen LogP contribution in [0.4, 0.5) is 10.5 Å². The first-order chi connectivity index (χ1) is 12.2. The minimum atomic E-state index is -0.0973. The summed E-state index contributed by atoms with van der Waals surface area (Å²) < 4.78 is 11.3. The highest BCUT2D eigenvalue weighted by atomic mass is 16.5. The van der Waals surface area contributed by atoms with Gasteiger partial charge in [-0.25, -0.2) is 9.78 Å². The Morgan fingerprint density at radius 2 is 2.00 bits per heavy atom. The van der Waals surface area contributed by atoms with Crippen molar-refractivity contribution < 1.29 is 14.3 Å². The maximum absolute atomic E-state index is 12.5. The van der Waals surface area contributed by atoms with Gasteiger partial charge in [-0.2, -0.15) is 0 Å². The van der Waals surface area contributed by atoms with Crippen molar-refractivity contribution in [1.29, 1.82) is 0 Å². The van der Waals surface area contributed by atoms with Gasteiger partial charge in [0.15, 0.2) is 0 Å². The lowest BCUT2D eigenvalue weighted by atomic mass is 10.1. The molecule has 2 amide bonds. The van der Waals surface area contributed by atoms with Crippen LogP contribution >= 0.6 is 0 Å². The van der Waals surface area contributed by atoms with Gasteiger partial charge in [0.05, 0.1) is 13.2 Å². The number of nitrogens with one attached hydrogen (secondary N) is 1. The molecule has 0 atom stereocenters. The minimum Gasteiger partial charge on any atom is -0.480 e. The molecule has 2 heterocycles. The molecule has 0 radical (unpaired) electrons. The van der Waals surface area contributed by atoms with Crippen molar-refractivity contribution in [3.63, 3.8) is 0 Å². The van der Waals surface area contributed by atoms with E-state index in [9.17, 15) is 4.79 Å². The van der Waals surface area contributed by atoms with E-state index in [1.54, 1.807) is 13.3 Å². The minimum absolute atomic E-state index is 0.0973. The molecule has 1 N–H and O–H groups in total. The molecule has 0 aromatic carbocycles. The second kappa shape index (κ2) is 8.52. The third-order valence-electron chi connectivity index (χ3n) is 5.19. The number of hydrogen-bond acceptors (Lipinski definition) is 4. The predicted molar refractivity (Wildman–Crippen MR) is 97.0 cm³/mol. The molecule has 6 heteroatoms. The van der Waals surface area contributed by atoms with E-state index in [1.165, 1.54) is 25.7 Å². The molecule has 1 aliphatic carbocycles. The summed E-state index contributed by atoms with van der Waals surface area (Å²) in [6.45, 7) is 4.28. The second-order valence-electron chi connectivity index (χ2n) is 7.17. The highest BCUT2D eigenvalue weighted by molar-refractivity contribution is 5.90. The van der Waals surface area contributed by atoms with Gasteiger partial charge >= 0.3 is 6.03 Å². The van der Waals surface area contributed by atoms with Crippen LogP contribution in [0.5, 0.6) is 5.88 Å². The first kappa shape index (κ1) is 18.0. The molecule has 1 aliphatic heterocycles. The van der Waals surface area contributed by atoms with Crippen LogP contribution in [0.1, 0.15) is 44.1 Å². The van der Waals surface area contributed by atoms with Gasteiger partial charge in [-0.3, -0.25) is 0 Å². The fraction of sp³-hybridized carbons (Fsp3) is 0.684. The third-order valence-corrected chi connectivity index (χ3v) is 5.19. The van der Waals surface area contributed by atoms with E-state index < -0.39 is 0 Å². The number of methoxy groups -OCH3 is 1. The summed E-state index contributed by atoms with van der Waals surface area (Å²) in [5.41, 5.74) is 1.60. The van der Waals surface area contributed by atoms with Crippen molar-refractivity contribution in [2.75, 3.05) is 32.1 Å². The SMILES string of the molecule is COc1ncc(C)cc1NC(=O)N1CCC(OCC2CCCC2)CC1. The van der Waals surface area contributed by atoms with Crippen molar-refractivity contribution in [3.8, 4) is 5.88 Å². The smallest absolute Gasteiger partial charge is 0.321 e. The monoisotopic (exact) mass is 347 g/mol. The Labute approximate surface area is 149 Å². The van der Waals surface area contributed by atoms with E-state index >= 15 is 0 Å². The van der Waals surface area contributed by atoms with Gasteiger partial charge in [0, 0.05) is 25.9 Å². The zero-order valence-electron chi connectivity index (χ0n) is 15.3. The quantitative estimate of drug-likeness (QED) is 0.884. The van der Waals surface area contributed by atoms with Crippen molar-refractivity contribution >= 4 is 11.7 Å². The van der Waals surface area contributed by atoms with Gasteiger partial charge in [-0.1, -0.05) is 12.8 Å². The molecule has 25 heavy (non-hydrogen) atoms. The second-order valence-corrected chi connectivity index (χ2v) is 7.17. The molecule has 0 spiro atoms. The molecule has 1 aromatic heterocycles. The van der Waals surface area contributed by atoms with Crippen LogP contribution < -0.4 is 10.1 Å². The number of anilines is 1. The number of piperidine rings is 1. The first-order valence-corrected chi connectivity index (χ1v) is 9.34. The van der Waals surface area contributed by atoms with Crippen LogP contribution in [0.3, 0.4) is 0 Å². The molecular weight excluding hydrogens is 318 g/mol. The molecule has 1 saturated carbocycles. The predicted octanol–water partition coefficient (Wildman–Crippen LogP) is 3.60. The number of hydrogen-bond donors (Lipinski definition) is 1. The van der Waals surface area contributed by atoms with Gasteiger partial charge in [0.2, 0.25) is 5.88 Å². The summed E-state index contributed by atoms with van der Waals surface area (Å²) in [5.74, 6) is 1.19. The van der Waals surface area contributed by atoms with Crippen molar-refractivity contribution in [2.45, 2.75) is 51.6 Å². The molecule has 2 fully saturated rings. The van der Waals surface area contributed by atoms with E-state index in [1.807, 2.05) is 17.9 Å². The maximum atomic E-state index is 12.5. The molecule has 2 aliphatic rings. The Hall–Kier alpha value is -1.82. The third kappa shape index (κ3) is 4.84. The Balaban J connectivity index is 1.46. The lowest BCUT2D eigenvalue weighted by Gasteiger charge is -2.32. The zero-order chi connectivity index (χ0) is 17.6. The molecule has 3 rings (SSSR count). The number of nitrogens with zero attached hydrogens (tertiary/aromatic N) is 2. The summed E-state index contributed by atoms with van der Waals surface area (Å²) in [5, 5.41) is 2.92. The summed E-state index contributed by atoms with van der Waals surface area (Å²) >= 11 is 0. The van der Waals surface area contributed by atoms with Gasteiger partial charge < -0.3 is 19.7 Å². The Bertz CT molecular complexity index is 579. The van der Waals surface area contributed by atoms with Crippen LogP contribution in [0.15, 0.2) is 12.3 Å². The molecule has 0 bridgehead atoms. The van der Waals surface area contributed by atoms with Gasteiger partial charge in [-0.15, -0.1) is 0 Å². The molecule has 138 valence electrons. The van der Waals surface area contributed by atoms with E-state index in [4.69, 9.17) is 9.47 Å². The number of amides is 2. The van der Waals surface area contributed by atoms with E-state index in [-0.39, 0.29) is 6.03 Å². The van der Waals surface area contributed by atoms with E-state index in [0.29, 0.717) is 17.7 Å². The first-order valence-electron chi connectivity index (χ1n) is 9.34. The van der Waals surface area contributed by atoms with Gasteiger partial charge in [0.1, 0.15) is 5.69 Å². The Kier molecular flexibility index (Phi) is 6.13. The molecule has 1 aromatic rings. The molecular formula is C19H29N3O3. The fourth-order valence-corrected chi connectivity index (χ4v) is 3.68. The number of urea groups is 1. The lowest BCUT2D eigenvalue weighted by Crippen LogP contribution is -2.43. The van der Waals surface area contributed by atoms with E-state index in [2.05, 4.69) is 10.3 Å². The number of pyridine rings is 1. The number of rotatable bonds is 5. The normalized spacial score (nSPS) is 19.2.